The fourth-order valence-electron chi connectivity index (χ4n) is 5.83. The Morgan fingerprint density at radius 2 is 1.83 bits per heavy atom. The smallest absolute Gasteiger partial charge is 0.0971 e. The van der Waals surface area contributed by atoms with Crippen molar-refractivity contribution in [3.63, 3.8) is 0 Å². The van der Waals surface area contributed by atoms with E-state index in [2.05, 4.69) is 17.1 Å². The summed E-state index contributed by atoms with van der Waals surface area (Å²) < 4.78 is 0. The van der Waals surface area contributed by atoms with Gasteiger partial charge in [-0.05, 0) is 82.0 Å². The van der Waals surface area contributed by atoms with Crippen molar-refractivity contribution in [1.29, 1.82) is 0 Å². The summed E-state index contributed by atoms with van der Waals surface area (Å²) in [5, 5.41) is 21.0. The molecule has 5 atom stereocenters. The van der Waals surface area contributed by atoms with E-state index in [1.807, 2.05) is 36.4 Å². The maximum Gasteiger partial charge on any atom is 0.0971 e. The number of hydrogen-bond donors (Lipinski definition) is 2. The third kappa shape index (κ3) is 5.63. The molecule has 3 nitrogen and oxygen atoms in total. The van der Waals surface area contributed by atoms with Crippen molar-refractivity contribution in [2.24, 2.45) is 17.8 Å². The van der Waals surface area contributed by atoms with E-state index in [9.17, 15) is 10.2 Å². The molecule has 0 spiro atoms. The summed E-state index contributed by atoms with van der Waals surface area (Å²) in [7, 11) is 0. The molecule has 0 amide bonds. The van der Waals surface area contributed by atoms with Crippen molar-refractivity contribution in [3.05, 3.63) is 59.7 Å². The molecule has 1 aromatic rings. The van der Waals surface area contributed by atoms with Crippen molar-refractivity contribution < 1.29 is 10.2 Å². The fraction of sp³-hybridized carbons (Fsp3) is 0.630. The van der Waals surface area contributed by atoms with E-state index >= 15 is 0 Å². The van der Waals surface area contributed by atoms with Gasteiger partial charge in [0.05, 0.1) is 12.2 Å². The molecule has 1 aromatic carbocycles. The van der Waals surface area contributed by atoms with Crippen LogP contribution in [-0.4, -0.2) is 40.9 Å². The van der Waals surface area contributed by atoms with Gasteiger partial charge in [-0.15, -0.1) is 0 Å². The lowest BCUT2D eigenvalue weighted by Gasteiger charge is -2.26. The summed E-state index contributed by atoms with van der Waals surface area (Å²) in [6.45, 7) is 3.91. The number of rotatable bonds is 9. The molecule has 0 bridgehead atoms. The molecular formula is C27H39NO2. The molecule has 1 aliphatic heterocycles. The van der Waals surface area contributed by atoms with Gasteiger partial charge < -0.3 is 15.1 Å². The number of unbranched alkanes of at least 4 members (excludes halogenated alkanes) is 2. The van der Waals surface area contributed by atoms with Crippen LogP contribution in [0.5, 0.6) is 0 Å². The molecule has 1 saturated carbocycles. The molecule has 30 heavy (non-hydrogen) atoms. The van der Waals surface area contributed by atoms with Crippen molar-refractivity contribution >= 4 is 0 Å². The molecule has 0 radical (unpaired) electrons. The second-order valence-electron chi connectivity index (χ2n) is 9.69. The molecule has 1 heterocycles. The number of aliphatic hydroxyl groups excluding tert-OH is 2. The number of benzene rings is 1. The van der Waals surface area contributed by atoms with Gasteiger partial charge in [0.2, 0.25) is 0 Å². The Morgan fingerprint density at radius 1 is 1.03 bits per heavy atom. The summed E-state index contributed by atoms with van der Waals surface area (Å²) in [6, 6.07) is 9.76. The third-order valence-electron chi connectivity index (χ3n) is 7.53. The maximum absolute atomic E-state index is 10.6. The van der Waals surface area contributed by atoms with Crippen LogP contribution in [0.25, 0.3) is 0 Å². The van der Waals surface area contributed by atoms with Crippen LogP contribution in [0.1, 0.15) is 69.5 Å². The molecule has 164 valence electrons. The summed E-state index contributed by atoms with van der Waals surface area (Å²) >= 11 is 0. The highest BCUT2D eigenvalue weighted by atomic mass is 16.3. The van der Waals surface area contributed by atoms with Crippen LogP contribution in [-0.2, 0) is 0 Å². The van der Waals surface area contributed by atoms with Crippen LogP contribution >= 0.6 is 0 Å². The maximum atomic E-state index is 10.6. The summed E-state index contributed by atoms with van der Waals surface area (Å²) in [4.78, 5) is 2.64. The van der Waals surface area contributed by atoms with Crippen LogP contribution < -0.4 is 0 Å². The first-order chi connectivity index (χ1) is 14.7. The Balaban J connectivity index is 1.20. The van der Waals surface area contributed by atoms with Crippen molar-refractivity contribution in [2.45, 2.75) is 70.0 Å². The van der Waals surface area contributed by atoms with Crippen molar-refractivity contribution in [2.75, 3.05) is 19.6 Å². The molecule has 0 unspecified atom stereocenters. The molecule has 4 rings (SSSR count). The van der Waals surface area contributed by atoms with Gasteiger partial charge >= 0.3 is 0 Å². The lowest BCUT2D eigenvalue weighted by molar-refractivity contribution is 0.140. The summed E-state index contributed by atoms with van der Waals surface area (Å²) in [6.07, 6.45) is 17.0. The van der Waals surface area contributed by atoms with Crippen molar-refractivity contribution in [1.82, 2.24) is 4.90 Å². The van der Waals surface area contributed by atoms with E-state index < -0.39 is 6.10 Å². The van der Waals surface area contributed by atoms with Gasteiger partial charge in [0, 0.05) is 5.92 Å². The minimum Gasteiger partial charge on any atom is -0.392 e. The zero-order chi connectivity index (χ0) is 20.8. The van der Waals surface area contributed by atoms with Crippen LogP contribution in [0.4, 0.5) is 0 Å². The highest BCUT2D eigenvalue weighted by Crippen LogP contribution is 2.48. The summed E-state index contributed by atoms with van der Waals surface area (Å²) in [5.74, 6) is 1.20. The molecule has 2 aliphatic carbocycles. The zero-order valence-electron chi connectivity index (χ0n) is 18.3. The van der Waals surface area contributed by atoms with E-state index in [4.69, 9.17) is 0 Å². The topological polar surface area (TPSA) is 43.7 Å². The lowest BCUT2D eigenvalue weighted by Crippen LogP contribution is -2.30. The van der Waals surface area contributed by atoms with Crippen LogP contribution in [0, 0.1) is 17.8 Å². The van der Waals surface area contributed by atoms with Crippen LogP contribution in [0.2, 0.25) is 0 Å². The van der Waals surface area contributed by atoms with Gasteiger partial charge in [-0.2, -0.15) is 0 Å². The third-order valence-corrected chi connectivity index (χ3v) is 7.53. The fourth-order valence-corrected chi connectivity index (χ4v) is 5.83. The van der Waals surface area contributed by atoms with Gasteiger partial charge in [0.15, 0.2) is 0 Å². The molecule has 2 fully saturated rings. The molecule has 0 aromatic heterocycles. The highest BCUT2D eigenvalue weighted by Gasteiger charge is 2.43. The molecule has 3 heteroatoms. The number of fused-ring (bicyclic) bond motifs is 1. The first kappa shape index (κ1) is 21.8. The van der Waals surface area contributed by atoms with E-state index in [1.165, 1.54) is 64.6 Å². The minimum atomic E-state index is -0.591. The largest absolute Gasteiger partial charge is 0.392 e. The van der Waals surface area contributed by atoms with E-state index in [0.29, 0.717) is 11.8 Å². The SMILES string of the molecule is O[C@H](/C=C/[C@@H]1[C@H]2CC(CCCCCN3CCCCC3)=C[C@H]2C[C@H]1O)c1ccccc1. The Hall–Kier alpha value is -1.42. The summed E-state index contributed by atoms with van der Waals surface area (Å²) in [5.41, 5.74) is 2.52. The predicted molar refractivity (Wildman–Crippen MR) is 123 cm³/mol. The Bertz CT molecular complexity index is 707. The van der Waals surface area contributed by atoms with Gasteiger partial charge in [0.1, 0.15) is 0 Å². The predicted octanol–water partition coefficient (Wildman–Crippen LogP) is 5.27. The van der Waals surface area contributed by atoms with Crippen molar-refractivity contribution in [3.8, 4) is 0 Å². The Kier molecular flexibility index (Phi) is 7.81. The number of allylic oxidation sites excluding steroid dienone is 2. The van der Waals surface area contributed by atoms with Gasteiger partial charge in [-0.1, -0.05) is 67.0 Å². The lowest BCUT2D eigenvalue weighted by atomic mass is 9.88. The second-order valence-corrected chi connectivity index (χ2v) is 9.69. The van der Waals surface area contributed by atoms with Gasteiger partial charge in [-0.25, -0.2) is 0 Å². The number of nitrogens with zero attached hydrogens (tertiary/aromatic N) is 1. The van der Waals surface area contributed by atoms with E-state index in [-0.39, 0.29) is 12.0 Å². The molecule has 1 saturated heterocycles. The zero-order valence-corrected chi connectivity index (χ0v) is 18.3. The van der Waals surface area contributed by atoms with Gasteiger partial charge in [0.25, 0.3) is 0 Å². The molecule has 3 aliphatic rings. The average Bonchev–Trinajstić information content (AvgIpc) is 3.29. The number of piperidine rings is 1. The van der Waals surface area contributed by atoms with Crippen LogP contribution in [0.3, 0.4) is 0 Å². The molecular weight excluding hydrogens is 370 g/mol. The van der Waals surface area contributed by atoms with E-state index in [1.54, 1.807) is 5.57 Å². The van der Waals surface area contributed by atoms with Gasteiger partial charge in [-0.3, -0.25) is 0 Å². The Labute approximate surface area is 182 Å². The highest BCUT2D eigenvalue weighted by molar-refractivity contribution is 5.24. The minimum absolute atomic E-state index is 0.168. The standard InChI is InChI=1S/C27H39NO2/c29-26(22-11-5-1-6-12-22)14-13-24-25-19-21(18-23(25)20-27(24)30)10-4-2-7-15-28-16-8-3-9-17-28/h1,5-6,11-14,18,23-27,29-30H,2-4,7-10,15-17,19-20H2/b14-13+/t23-,24+,25-,26+,27+/m0/s1. The molecule has 2 N–H and O–H groups in total. The monoisotopic (exact) mass is 409 g/mol. The normalized spacial score (nSPS) is 30.5. The number of aliphatic hydroxyl groups is 2. The first-order valence-electron chi connectivity index (χ1n) is 12.2. The Morgan fingerprint density at radius 3 is 2.63 bits per heavy atom. The second kappa shape index (κ2) is 10.7. The van der Waals surface area contributed by atoms with E-state index in [0.717, 1.165) is 18.4 Å². The van der Waals surface area contributed by atoms with Crippen LogP contribution in [0.15, 0.2) is 54.1 Å². The quantitative estimate of drug-likeness (QED) is 0.431. The first-order valence-corrected chi connectivity index (χ1v) is 12.2. The number of likely N-dealkylation sites (tertiary alicyclic amines) is 1. The average molecular weight is 410 g/mol. The number of hydrogen-bond acceptors (Lipinski definition) is 3.